The highest BCUT2D eigenvalue weighted by Crippen LogP contribution is 2.39. The van der Waals surface area contributed by atoms with Gasteiger partial charge in [0.25, 0.3) is 0 Å². The SMILES string of the molecule is COC(=O)c1cc(C(=CCCN=[N+]=[N-])c2cc(Br)c(OC)c(C(=O)OC)c2)cc(Br)c1OC. The van der Waals surface area contributed by atoms with E-state index in [4.69, 9.17) is 24.5 Å². The molecule has 0 aliphatic rings. The van der Waals surface area contributed by atoms with Gasteiger partial charge < -0.3 is 18.9 Å². The Hall–Kier alpha value is -3.01. The fourth-order valence-electron chi connectivity index (χ4n) is 3.15. The van der Waals surface area contributed by atoms with Crippen molar-refractivity contribution in [1.82, 2.24) is 0 Å². The molecule has 2 aromatic rings. The van der Waals surface area contributed by atoms with Gasteiger partial charge in [0.05, 0.1) is 37.4 Å². The van der Waals surface area contributed by atoms with Gasteiger partial charge in [-0.2, -0.15) is 0 Å². The molecule has 0 atom stereocenters. The summed E-state index contributed by atoms with van der Waals surface area (Å²) in [5.74, 6) is -0.502. The van der Waals surface area contributed by atoms with Gasteiger partial charge in [-0.05, 0) is 84.8 Å². The zero-order chi connectivity index (χ0) is 24.5. The quantitative estimate of drug-likeness (QED) is 0.119. The van der Waals surface area contributed by atoms with E-state index < -0.39 is 11.9 Å². The van der Waals surface area contributed by atoms with E-state index in [1.807, 2.05) is 6.08 Å². The van der Waals surface area contributed by atoms with E-state index >= 15 is 0 Å². The molecule has 0 saturated carbocycles. The Kier molecular flexibility index (Phi) is 9.77. The molecule has 174 valence electrons. The van der Waals surface area contributed by atoms with Crippen LogP contribution in [0.15, 0.2) is 44.4 Å². The monoisotopic (exact) mass is 581 g/mol. The molecule has 2 rings (SSSR count). The third kappa shape index (κ3) is 6.07. The van der Waals surface area contributed by atoms with Crippen molar-refractivity contribution in [3.8, 4) is 11.5 Å². The number of nitrogens with zero attached hydrogens (tertiary/aromatic N) is 3. The van der Waals surface area contributed by atoms with Gasteiger partial charge in [0.2, 0.25) is 0 Å². The summed E-state index contributed by atoms with van der Waals surface area (Å²) in [6.45, 7) is 0.225. The zero-order valence-corrected chi connectivity index (χ0v) is 21.5. The number of ether oxygens (including phenoxy) is 4. The normalized spacial score (nSPS) is 10.0. The number of azide groups is 1. The molecule has 0 heterocycles. The summed E-state index contributed by atoms with van der Waals surface area (Å²) in [5.41, 5.74) is 11.0. The first-order valence-electron chi connectivity index (χ1n) is 9.46. The van der Waals surface area contributed by atoms with Crippen molar-refractivity contribution < 1.29 is 28.5 Å². The smallest absolute Gasteiger partial charge is 0.341 e. The molecule has 2 aromatic carbocycles. The van der Waals surface area contributed by atoms with Crippen molar-refractivity contribution in [2.45, 2.75) is 6.42 Å². The van der Waals surface area contributed by atoms with Crippen LogP contribution in [0, 0.1) is 0 Å². The fourth-order valence-corrected chi connectivity index (χ4v) is 4.39. The average Bonchev–Trinajstić information content (AvgIpc) is 2.81. The lowest BCUT2D eigenvalue weighted by atomic mass is 9.93. The largest absolute Gasteiger partial charge is 0.495 e. The topological polar surface area (TPSA) is 120 Å². The lowest BCUT2D eigenvalue weighted by Crippen LogP contribution is -2.07. The van der Waals surface area contributed by atoms with Crippen LogP contribution >= 0.6 is 31.9 Å². The highest BCUT2D eigenvalue weighted by Gasteiger charge is 2.22. The van der Waals surface area contributed by atoms with Crippen molar-refractivity contribution in [1.29, 1.82) is 0 Å². The maximum atomic E-state index is 12.4. The summed E-state index contributed by atoms with van der Waals surface area (Å²) in [6, 6.07) is 6.82. The molecule has 0 N–H and O–H groups in total. The lowest BCUT2D eigenvalue weighted by Gasteiger charge is -2.17. The summed E-state index contributed by atoms with van der Waals surface area (Å²) in [4.78, 5) is 27.6. The van der Waals surface area contributed by atoms with Crippen molar-refractivity contribution in [3.63, 3.8) is 0 Å². The highest BCUT2D eigenvalue weighted by molar-refractivity contribution is 9.11. The standard InChI is InChI=1S/C22H21Br2N3O6/c1-30-19-15(21(28)32-3)8-12(10-17(19)23)14(6-5-7-26-27-25)13-9-16(22(29)33-4)20(31-2)18(24)11-13/h6,8-11H,5,7H2,1-4H3. The molecule has 0 fully saturated rings. The summed E-state index contributed by atoms with van der Waals surface area (Å²) in [6.07, 6.45) is 2.26. The summed E-state index contributed by atoms with van der Waals surface area (Å²) >= 11 is 6.89. The maximum Gasteiger partial charge on any atom is 0.341 e. The minimum atomic E-state index is -0.575. The van der Waals surface area contributed by atoms with Crippen LogP contribution in [0.1, 0.15) is 38.3 Å². The van der Waals surface area contributed by atoms with Crippen molar-refractivity contribution in [2.24, 2.45) is 5.11 Å². The van der Waals surface area contributed by atoms with Gasteiger partial charge >= 0.3 is 11.9 Å². The second-order valence-electron chi connectivity index (χ2n) is 6.42. The van der Waals surface area contributed by atoms with Gasteiger partial charge in [-0.3, -0.25) is 0 Å². The molecule has 0 aromatic heterocycles. The fraction of sp³-hybridized carbons (Fsp3) is 0.273. The average molecular weight is 583 g/mol. The number of carbonyl (C=O) groups is 2. The van der Waals surface area contributed by atoms with Gasteiger partial charge in [-0.25, -0.2) is 9.59 Å². The van der Waals surface area contributed by atoms with Crippen LogP contribution in [-0.2, 0) is 9.47 Å². The molecule has 11 heteroatoms. The molecular weight excluding hydrogens is 562 g/mol. The van der Waals surface area contributed by atoms with Crippen LogP contribution in [0.3, 0.4) is 0 Å². The minimum Gasteiger partial charge on any atom is -0.495 e. The molecule has 0 unspecified atom stereocenters. The van der Waals surface area contributed by atoms with Crippen molar-refractivity contribution in [2.75, 3.05) is 35.0 Å². The van der Waals surface area contributed by atoms with Crippen LogP contribution in [0.4, 0.5) is 0 Å². The lowest BCUT2D eigenvalue weighted by molar-refractivity contribution is 0.0588. The number of hydrogen-bond donors (Lipinski definition) is 0. The van der Waals surface area contributed by atoms with Crippen LogP contribution in [0.5, 0.6) is 11.5 Å². The van der Waals surface area contributed by atoms with Crippen LogP contribution in [0.2, 0.25) is 0 Å². The number of halogens is 2. The van der Waals surface area contributed by atoms with Crippen LogP contribution < -0.4 is 9.47 Å². The molecule has 0 saturated heterocycles. The number of carbonyl (C=O) groups excluding carboxylic acids is 2. The Morgan fingerprint density at radius 2 is 1.36 bits per heavy atom. The summed E-state index contributed by atoms with van der Waals surface area (Å²) < 4.78 is 21.6. The minimum absolute atomic E-state index is 0.214. The molecule has 0 aliphatic heterocycles. The van der Waals surface area contributed by atoms with E-state index in [0.717, 1.165) is 0 Å². The third-order valence-corrected chi connectivity index (χ3v) is 5.75. The number of hydrogen-bond acceptors (Lipinski definition) is 7. The number of methoxy groups -OCH3 is 4. The molecule has 0 bridgehead atoms. The van der Waals surface area contributed by atoms with E-state index in [0.29, 0.717) is 43.6 Å². The zero-order valence-electron chi connectivity index (χ0n) is 18.3. The number of rotatable bonds is 9. The predicted octanol–water partition coefficient (Wildman–Crippen LogP) is 5.93. The van der Waals surface area contributed by atoms with Gasteiger partial charge in [-0.1, -0.05) is 11.2 Å². The molecule has 33 heavy (non-hydrogen) atoms. The first kappa shape index (κ1) is 26.2. The second kappa shape index (κ2) is 12.3. The van der Waals surface area contributed by atoms with E-state index in [2.05, 4.69) is 41.9 Å². The molecule has 0 radical (unpaired) electrons. The first-order valence-corrected chi connectivity index (χ1v) is 11.0. The molecular formula is C22H21Br2N3O6. The van der Waals surface area contributed by atoms with Gasteiger partial charge in [0.1, 0.15) is 22.6 Å². The van der Waals surface area contributed by atoms with Crippen LogP contribution in [0.25, 0.3) is 16.0 Å². The van der Waals surface area contributed by atoms with E-state index in [1.165, 1.54) is 28.4 Å². The van der Waals surface area contributed by atoms with E-state index in [1.54, 1.807) is 24.3 Å². The Bertz CT molecular complexity index is 1070. The number of esters is 2. The van der Waals surface area contributed by atoms with Crippen LogP contribution in [-0.4, -0.2) is 46.9 Å². The van der Waals surface area contributed by atoms with Gasteiger partial charge in [-0.15, -0.1) is 0 Å². The Labute approximate surface area is 207 Å². The number of benzene rings is 2. The predicted molar refractivity (Wildman–Crippen MR) is 130 cm³/mol. The van der Waals surface area contributed by atoms with E-state index in [-0.39, 0.29) is 17.7 Å². The molecule has 0 amide bonds. The van der Waals surface area contributed by atoms with Gasteiger partial charge in [0, 0.05) is 11.5 Å². The third-order valence-electron chi connectivity index (χ3n) is 4.57. The van der Waals surface area contributed by atoms with E-state index in [9.17, 15) is 9.59 Å². The second-order valence-corrected chi connectivity index (χ2v) is 8.13. The van der Waals surface area contributed by atoms with Crippen molar-refractivity contribution in [3.05, 3.63) is 72.0 Å². The summed E-state index contributed by atoms with van der Waals surface area (Å²) in [7, 11) is 5.46. The molecule has 0 spiro atoms. The Morgan fingerprint density at radius 3 is 1.73 bits per heavy atom. The maximum absolute atomic E-state index is 12.4. The molecule has 9 nitrogen and oxygen atoms in total. The first-order chi connectivity index (χ1) is 15.8. The van der Waals surface area contributed by atoms with Crippen molar-refractivity contribution >= 4 is 49.4 Å². The van der Waals surface area contributed by atoms with Gasteiger partial charge in [0.15, 0.2) is 0 Å². The Morgan fingerprint density at radius 1 is 0.909 bits per heavy atom. The molecule has 0 aliphatic carbocycles. The Balaban J connectivity index is 2.80. The summed E-state index contributed by atoms with van der Waals surface area (Å²) in [5, 5.41) is 3.57. The highest BCUT2D eigenvalue weighted by atomic mass is 79.9.